The van der Waals surface area contributed by atoms with Crippen LogP contribution in [0.4, 0.5) is 0 Å². The first-order valence-corrected chi connectivity index (χ1v) is 13.8. The van der Waals surface area contributed by atoms with Gasteiger partial charge in [0.05, 0.1) is 10.9 Å². The highest BCUT2D eigenvalue weighted by molar-refractivity contribution is 7.92. The van der Waals surface area contributed by atoms with Gasteiger partial charge in [-0.2, -0.15) is 4.72 Å². The number of halogens is 1. The molecule has 2 aliphatic heterocycles. The molecule has 8 nitrogen and oxygen atoms in total. The largest absolute Gasteiger partial charge is 0.336 e. The first-order valence-electron chi connectivity index (χ1n) is 11.0. The molecule has 2 saturated heterocycles. The standard InChI is InChI=1S/C21H29ClN4O4S2/c1-2-23-11-18-16-10-14(16)12-26(18)20(27)13-25-8-3-4-17(21(25)28)24-32(29,30)9-7-15-5-6-19(22)31-15/h5-7,9,14,16-18,23-24H,2-4,8,10-13H2,1H3/t14?,16?,17-,18?/m0/s1. The summed E-state index contributed by atoms with van der Waals surface area (Å²) >= 11 is 7.14. The number of likely N-dealkylation sites (tertiary alicyclic amines) is 2. The number of carbonyl (C=O) groups is 2. The molecule has 2 amide bonds. The third-order valence-corrected chi connectivity index (χ3v) is 8.70. The molecular formula is C21H29ClN4O4S2. The van der Waals surface area contributed by atoms with E-state index < -0.39 is 16.1 Å². The summed E-state index contributed by atoms with van der Waals surface area (Å²) in [6.07, 6.45) is 3.69. The highest BCUT2D eigenvalue weighted by atomic mass is 35.5. The summed E-state index contributed by atoms with van der Waals surface area (Å²) in [7, 11) is -3.81. The summed E-state index contributed by atoms with van der Waals surface area (Å²) in [4.78, 5) is 30.0. The molecule has 1 aromatic heterocycles. The van der Waals surface area contributed by atoms with Gasteiger partial charge in [0.25, 0.3) is 0 Å². The van der Waals surface area contributed by atoms with E-state index in [9.17, 15) is 18.0 Å². The lowest BCUT2D eigenvalue weighted by molar-refractivity contribution is -0.143. The number of piperidine rings is 2. The van der Waals surface area contributed by atoms with Crippen molar-refractivity contribution in [2.24, 2.45) is 11.8 Å². The van der Waals surface area contributed by atoms with E-state index in [1.165, 1.54) is 28.7 Å². The Balaban J connectivity index is 1.34. The Bertz CT molecular complexity index is 996. The SMILES string of the molecule is CCNCC1C2CC2CN1C(=O)CN1CCC[C@H](NS(=O)(=O)C=Cc2ccc(Cl)s2)C1=O. The molecular weight excluding hydrogens is 472 g/mol. The monoisotopic (exact) mass is 500 g/mol. The van der Waals surface area contributed by atoms with E-state index in [1.54, 1.807) is 12.1 Å². The van der Waals surface area contributed by atoms with Crippen molar-refractivity contribution in [2.75, 3.05) is 32.7 Å². The molecule has 32 heavy (non-hydrogen) atoms. The van der Waals surface area contributed by atoms with Gasteiger partial charge in [0.1, 0.15) is 6.04 Å². The van der Waals surface area contributed by atoms with Gasteiger partial charge in [-0.1, -0.05) is 18.5 Å². The van der Waals surface area contributed by atoms with Crippen LogP contribution in [-0.2, 0) is 19.6 Å². The van der Waals surface area contributed by atoms with Gasteiger partial charge in [0, 0.05) is 36.0 Å². The third kappa shape index (κ3) is 5.53. The van der Waals surface area contributed by atoms with Crippen LogP contribution in [-0.4, -0.2) is 74.8 Å². The average molecular weight is 501 g/mol. The highest BCUT2D eigenvalue weighted by Crippen LogP contribution is 2.49. The molecule has 11 heteroatoms. The zero-order chi connectivity index (χ0) is 22.9. The van der Waals surface area contributed by atoms with Gasteiger partial charge in [-0.05, 0) is 55.9 Å². The second-order valence-electron chi connectivity index (χ2n) is 8.64. The number of fused-ring (bicyclic) bond motifs is 1. The molecule has 3 unspecified atom stereocenters. The number of nitrogens with zero attached hydrogens (tertiary/aromatic N) is 2. The molecule has 1 aromatic rings. The van der Waals surface area contributed by atoms with Crippen LogP contribution < -0.4 is 10.0 Å². The minimum Gasteiger partial charge on any atom is -0.336 e. The quantitative estimate of drug-likeness (QED) is 0.538. The van der Waals surface area contributed by atoms with Gasteiger partial charge >= 0.3 is 0 Å². The summed E-state index contributed by atoms with van der Waals surface area (Å²) in [6.45, 7) is 4.91. The Morgan fingerprint density at radius 3 is 2.91 bits per heavy atom. The van der Waals surface area contributed by atoms with Gasteiger partial charge in [0.2, 0.25) is 21.8 Å². The van der Waals surface area contributed by atoms with Crippen molar-refractivity contribution in [1.29, 1.82) is 0 Å². The smallest absolute Gasteiger partial charge is 0.242 e. The molecule has 176 valence electrons. The van der Waals surface area contributed by atoms with Crippen LogP contribution in [0.3, 0.4) is 0 Å². The van der Waals surface area contributed by atoms with Gasteiger partial charge < -0.3 is 15.1 Å². The number of hydrogen-bond acceptors (Lipinski definition) is 6. The number of carbonyl (C=O) groups excluding carboxylic acids is 2. The Morgan fingerprint density at radius 1 is 1.38 bits per heavy atom. The maximum atomic E-state index is 13.0. The minimum absolute atomic E-state index is 0.00264. The topological polar surface area (TPSA) is 98.8 Å². The second-order valence-corrected chi connectivity index (χ2v) is 12.0. The van der Waals surface area contributed by atoms with E-state index in [-0.39, 0.29) is 24.4 Å². The molecule has 1 aliphatic carbocycles. The lowest BCUT2D eigenvalue weighted by Crippen LogP contribution is -2.55. The predicted molar refractivity (Wildman–Crippen MR) is 126 cm³/mol. The fraction of sp³-hybridized carbons (Fsp3) is 0.619. The van der Waals surface area contributed by atoms with Crippen molar-refractivity contribution in [3.8, 4) is 0 Å². The Hall–Kier alpha value is -1.46. The molecule has 2 N–H and O–H groups in total. The van der Waals surface area contributed by atoms with E-state index in [1.807, 2.05) is 11.8 Å². The van der Waals surface area contributed by atoms with Crippen LogP contribution in [0.15, 0.2) is 17.5 Å². The molecule has 0 aromatic carbocycles. The first kappa shape index (κ1) is 23.7. The summed E-state index contributed by atoms with van der Waals surface area (Å²) in [5, 5.41) is 4.39. The number of amides is 2. The van der Waals surface area contributed by atoms with Crippen molar-refractivity contribution in [1.82, 2.24) is 19.8 Å². The number of hydrogen-bond donors (Lipinski definition) is 2. The zero-order valence-corrected chi connectivity index (χ0v) is 20.4. The average Bonchev–Trinajstić information content (AvgIpc) is 3.23. The van der Waals surface area contributed by atoms with Crippen LogP contribution in [0.25, 0.3) is 6.08 Å². The van der Waals surface area contributed by atoms with E-state index in [0.29, 0.717) is 40.4 Å². The van der Waals surface area contributed by atoms with Crippen molar-refractivity contribution in [3.63, 3.8) is 0 Å². The van der Waals surface area contributed by atoms with E-state index >= 15 is 0 Å². The van der Waals surface area contributed by atoms with Crippen LogP contribution in [0.5, 0.6) is 0 Å². The molecule has 4 atom stereocenters. The Morgan fingerprint density at radius 2 is 2.19 bits per heavy atom. The zero-order valence-electron chi connectivity index (χ0n) is 18.0. The molecule has 0 spiro atoms. The minimum atomic E-state index is -3.81. The third-order valence-electron chi connectivity index (χ3n) is 6.40. The molecule has 3 fully saturated rings. The van der Waals surface area contributed by atoms with Crippen LogP contribution in [0.2, 0.25) is 4.34 Å². The Labute approximate surface area is 198 Å². The van der Waals surface area contributed by atoms with Crippen LogP contribution >= 0.6 is 22.9 Å². The predicted octanol–water partition coefficient (Wildman–Crippen LogP) is 1.74. The van der Waals surface area contributed by atoms with E-state index in [0.717, 1.165) is 25.0 Å². The van der Waals surface area contributed by atoms with E-state index in [4.69, 9.17) is 11.6 Å². The molecule has 0 bridgehead atoms. The fourth-order valence-corrected chi connectivity index (χ4v) is 6.75. The van der Waals surface area contributed by atoms with Crippen molar-refractivity contribution < 1.29 is 18.0 Å². The fourth-order valence-electron chi connectivity index (χ4n) is 4.68. The van der Waals surface area contributed by atoms with Gasteiger partial charge in [-0.25, -0.2) is 8.42 Å². The number of nitrogens with one attached hydrogen (secondary N) is 2. The van der Waals surface area contributed by atoms with Crippen molar-refractivity contribution in [3.05, 3.63) is 26.8 Å². The lowest BCUT2D eigenvalue weighted by atomic mass is 10.1. The highest BCUT2D eigenvalue weighted by Gasteiger charge is 2.53. The van der Waals surface area contributed by atoms with Crippen LogP contribution in [0.1, 0.15) is 31.1 Å². The summed E-state index contributed by atoms with van der Waals surface area (Å²) in [6, 6.07) is 2.75. The molecule has 0 radical (unpaired) electrons. The normalized spacial score (nSPS) is 27.9. The van der Waals surface area contributed by atoms with Crippen LogP contribution in [0, 0.1) is 11.8 Å². The number of rotatable bonds is 9. The summed E-state index contributed by atoms with van der Waals surface area (Å²) < 4.78 is 28.0. The van der Waals surface area contributed by atoms with Crippen molar-refractivity contribution in [2.45, 2.75) is 38.3 Å². The van der Waals surface area contributed by atoms with Gasteiger partial charge in [-0.15, -0.1) is 11.3 Å². The summed E-state index contributed by atoms with van der Waals surface area (Å²) in [5.41, 5.74) is 0. The van der Waals surface area contributed by atoms with Gasteiger partial charge in [-0.3, -0.25) is 9.59 Å². The summed E-state index contributed by atoms with van der Waals surface area (Å²) in [5.74, 6) is 0.767. The number of likely N-dealkylation sites (N-methyl/N-ethyl adjacent to an activating group) is 1. The maximum absolute atomic E-state index is 13.0. The van der Waals surface area contributed by atoms with Gasteiger partial charge in [0.15, 0.2) is 0 Å². The Kier molecular flexibility index (Phi) is 7.26. The molecule has 3 heterocycles. The maximum Gasteiger partial charge on any atom is 0.242 e. The molecule has 1 saturated carbocycles. The lowest BCUT2D eigenvalue weighted by Gasteiger charge is -2.34. The molecule has 4 rings (SSSR count). The van der Waals surface area contributed by atoms with Crippen molar-refractivity contribution >= 4 is 50.9 Å². The number of sulfonamides is 1. The second kappa shape index (κ2) is 9.80. The number of thiophene rings is 1. The molecule has 3 aliphatic rings. The first-order chi connectivity index (χ1) is 15.3. The van der Waals surface area contributed by atoms with E-state index in [2.05, 4.69) is 10.0 Å².